The number of nitrogens with zero attached hydrogens (tertiary/aromatic N) is 1. The van der Waals surface area contributed by atoms with Crippen molar-refractivity contribution in [3.05, 3.63) is 108 Å². The second-order valence-corrected chi connectivity index (χ2v) is 12.1. The van der Waals surface area contributed by atoms with Gasteiger partial charge in [-0.2, -0.15) is 0 Å². The molecule has 3 aromatic carbocycles. The number of imide groups is 1. The molecule has 2 saturated heterocycles. The van der Waals surface area contributed by atoms with E-state index in [-0.39, 0.29) is 55.4 Å². The smallest absolute Gasteiger partial charge is 0.338 e. The minimum atomic E-state index is -1.43. The topological polar surface area (TPSA) is 190 Å². The molecule has 2 fully saturated rings. The Bertz CT molecular complexity index is 1750. The van der Waals surface area contributed by atoms with Crippen LogP contribution in [0.2, 0.25) is 0 Å². The van der Waals surface area contributed by atoms with Crippen LogP contribution in [0.5, 0.6) is 0 Å². The first kappa shape index (κ1) is 38.3. The van der Waals surface area contributed by atoms with Gasteiger partial charge < -0.3 is 33.8 Å². The van der Waals surface area contributed by atoms with Crippen LogP contribution in [0.25, 0.3) is 0 Å². The first-order valence-electron chi connectivity index (χ1n) is 17.0. The molecule has 0 aliphatic carbocycles. The van der Waals surface area contributed by atoms with Crippen molar-refractivity contribution in [2.24, 2.45) is 0 Å². The standard InChI is InChI=1S/C38H38N2O13/c1-24(41)39-32-34(52-37(47)27-17-9-4-10-18-27)33(51-36(46)26-15-7-3-8-16-26)28(23-49-35(45)25-13-5-2-6-14-25)50-38(32)48-22-12-11-19-31(44)53-40-29(42)20-21-30(40)43/h2-10,13-18,28,32-34,38H,11-12,19-23H2,1H3,(H,39,41). The van der Waals surface area contributed by atoms with Crippen molar-refractivity contribution in [1.82, 2.24) is 10.4 Å². The Hall–Kier alpha value is -5.93. The van der Waals surface area contributed by atoms with Gasteiger partial charge in [0.25, 0.3) is 11.8 Å². The van der Waals surface area contributed by atoms with Crippen LogP contribution in [0.1, 0.15) is 70.1 Å². The van der Waals surface area contributed by atoms with E-state index in [0.717, 1.165) is 0 Å². The summed E-state index contributed by atoms with van der Waals surface area (Å²) in [4.78, 5) is 93.2. The Morgan fingerprint density at radius 3 is 1.75 bits per heavy atom. The molecular weight excluding hydrogens is 692 g/mol. The number of benzene rings is 3. The maximum absolute atomic E-state index is 13.5. The van der Waals surface area contributed by atoms with Crippen LogP contribution in [0, 0.1) is 0 Å². The van der Waals surface area contributed by atoms with Crippen molar-refractivity contribution in [2.75, 3.05) is 13.2 Å². The van der Waals surface area contributed by atoms with Crippen LogP contribution in [0.3, 0.4) is 0 Å². The highest BCUT2D eigenvalue weighted by Crippen LogP contribution is 2.30. The Balaban J connectivity index is 1.37. The van der Waals surface area contributed by atoms with E-state index in [2.05, 4.69) is 5.32 Å². The third-order valence-electron chi connectivity index (χ3n) is 8.17. The zero-order chi connectivity index (χ0) is 37.7. The molecule has 5 unspecified atom stereocenters. The van der Waals surface area contributed by atoms with E-state index in [4.69, 9.17) is 28.5 Å². The summed E-state index contributed by atoms with van der Waals surface area (Å²) in [5.41, 5.74) is 0.587. The molecule has 2 aliphatic heterocycles. The summed E-state index contributed by atoms with van der Waals surface area (Å²) in [6.45, 7) is 0.694. The summed E-state index contributed by atoms with van der Waals surface area (Å²) in [7, 11) is 0. The fourth-order valence-corrected chi connectivity index (χ4v) is 5.57. The number of rotatable bonds is 15. The van der Waals surface area contributed by atoms with Gasteiger partial charge in [-0.15, -0.1) is 5.06 Å². The molecule has 0 aromatic heterocycles. The van der Waals surface area contributed by atoms with Crippen molar-refractivity contribution < 1.29 is 62.1 Å². The minimum absolute atomic E-state index is 0.0305. The fourth-order valence-electron chi connectivity index (χ4n) is 5.57. The molecule has 0 saturated carbocycles. The molecule has 1 N–H and O–H groups in total. The molecule has 3 aromatic rings. The second-order valence-electron chi connectivity index (χ2n) is 12.1. The molecule has 278 valence electrons. The van der Waals surface area contributed by atoms with Gasteiger partial charge in [0.2, 0.25) is 5.91 Å². The van der Waals surface area contributed by atoms with Crippen LogP contribution in [-0.2, 0) is 47.7 Å². The molecule has 15 nitrogen and oxygen atoms in total. The highest BCUT2D eigenvalue weighted by molar-refractivity contribution is 6.01. The molecule has 5 rings (SSSR count). The Kier molecular flexibility index (Phi) is 13.4. The highest BCUT2D eigenvalue weighted by atomic mass is 16.7. The first-order valence-corrected chi connectivity index (χ1v) is 17.0. The Morgan fingerprint density at radius 1 is 0.717 bits per heavy atom. The molecule has 5 atom stereocenters. The van der Waals surface area contributed by atoms with Crippen molar-refractivity contribution in [2.45, 2.75) is 69.7 Å². The molecule has 53 heavy (non-hydrogen) atoms. The van der Waals surface area contributed by atoms with Crippen LogP contribution in [0.15, 0.2) is 91.0 Å². The normalized spacial score (nSPS) is 21.0. The molecule has 15 heteroatoms. The van der Waals surface area contributed by atoms with Crippen molar-refractivity contribution in [3.63, 3.8) is 0 Å². The maximum Gasteiger partial charge on any atom is 0.338 e. The van der Waals surface area contributed by atoms with Crippen LogP contribution in [-0.4, -0.2) is 90.5 Å². The van der Waals surface area contributed by atoms with Gasteiger partial charge in [0, 0.05) is 32.8 Å². The van der Waals surface area contributed by atoms with Crippen molar-refractivity contribution >= 4 is 41.6 Å². The third kappa shape index (κ3) is 10.6. The predicted molar refractivity (Wildman–Crippen MR) is 181 cm³/mol. The minimum Gasteiger partial charge on any atom is -0.459 e. The maximum atomic E-state index is 13.5. The van der Waals surface area contributed by atoms with E-state index in [0.29, 0.717) is 5.06 Å². The average molecular weight is 731 g/mol. The van der Waals surface area contributed by atoms with E-state index in [1.165, 1.54) is 31.2 Å². The zero-order valence-electron chi connectivity index (χ0n) is 28.8. The summed E-state index contributed by atoms with van der Waals surface area (Å²) in [6.07, 6.45) is -5.21. The number of unbranched alkanes of at least 4 members (excludes halogenated alkanes) is 1. The monoisotopic (exact) mass is 730 g/mol. The van der Waals surface area contributed by atoms with Gasteiger partial charge in [-0.05, 0) is 49.2 Å². The molecule has 2 heterocycles. The summed E-state index contributed by atoms with van der Waals surface area (Å²) in [5.74, 6) is -4.83. The fraction of sp³-hybridized carbons (Fsp3) is 0.342. The predicted octanol–water partition coefficient (Wildman–Crippen LogP) is 3.32. The Labute approximate surface area is 304 Å². The molecule has 0 bridgehead atoms. The van der Waals surface area contributed by atoms with Gasteiger partial charge in [-0.1, -0.05) is 54.6 Å². The number of amides is 3. The van der Waals surface area contributed by atoms with E-state index >= 15 is 0 Å². The van der Waals surface area contributed by atoms with Gasteiger partial charge in [0.15, 0.2) is 18.5 Å². The van der Waals surface area contributed by atoms with E-state index in [9.17, 15) is 33.6 Å². The molecular formula is C38H38N2O13. The second kappa shape index (κ2) is 18.5. The average Bonchev–Trinajstić information content (AvgIpc) is 3.48. The van der Waals surface area contributed by atoms with E-state index in [1.807, 2.05) is 0 Å². The number of ether oxygens (including phenoxy) is 5. The molecule has 2 aliphatic rings. The Morgan fingerprint density at radius 2 is 1.23 bits per heavy atom. The summed E-state index contributed by atoms with van der Waals surface area (Å²) in [6, 6.07) is 22.9. The highest BCUT2D eigenvalue weighted by Gasteiger charge is 2.52. The van der Waals surface area contributed by atoms with Gasteiger partial charge in [-0.25, -0.2) is 19.2 Å². The lowest BCUT2D eigenvalue weighted by Crippen LogP contribution is -2.66. The summed E-state index contributed by atoms with van der Waals surface area (Å²) < 4.78 is 29.8. The van der Waals surface area contributed by atoms with Crippen LogP contribution in [0.4, 0.5) is 0 Å². The summed E-state index contributed by atoms with van der Waals surface area (Å²) in [5, 5.41) is 3.16. The van der Waals surface area contributed by atoms with Gasteiger partial charge in [0.05, 0.1) is 16.7 Å². The van der Waals surface area contributed by atoms with Crippen LogP contribution < -0.4 is 5.32 Å². The number of nitrogens with one attached hydrogen (secondary N) is 1. The van der Waals surface area contributed by atoms with Crippen molar-refractivity contribution in [3.8, 4) is 0 Å². The zero-order valence-corrected chi connectivity index (χ0v) is 28.8. The van der Waals surface area contributed by atoms with Crippen LogP contribution >= 0.6 is 0 Å². The largest absolute Gasteiger partial charge is 0.459 e. The number of esters is 3. The molecule has 0 spiro atoms. The lowest BCUT2D eigenvalue weighted by molar-refractivity contribution is -0.269. The van der Waals surface area contributed by atoms with Gasteiger partial charge >= 0.3 is 23.9 Å². The molecule has 0 radical (unpaired) electrons. The number of hydrogen-bond acceptors (Lipinski definition) is 13. The summed E-state index contributed by atoms with van der Waals surface area (Å²) >= 11 is 0. The quantitative estimate of drug-likeness (QED) is 0.104. The number of carbonyl (C=O) groups is 7. The van der Waals surface area contributed by atoms with Gasteiger partial charge in [-0.3, -0.25) is 14.4 Å². The lowest BCUT2D eigenvalue weighted by Gasteiger charge is -2.45. The number of carbonyl (C=O) groups excluding carboxylic acids is 7. The van der Waals surface area contributed by atoms with E-state index < -0.39 is 78.8 Å². The number of hydrogen-bond donors (Lipinski definition) is 1. The van der Waals surface area contributed by atoms with E-state index in [1.54, 1.807) is 66.7 Å². The van der Waals surface area contributed by atoms with Crippen molar-refractivity contribution in [1.29, 1.82) is 0 Å². The number of hydroxylamine groups is 2. The lowest BCUT2D eigenvalue weighted by atomic mass is 9.95. The first-order chi connectivity index (χ1) is 25.6. The SMILES string of the molecule is CC(=O)NC1C(OCCCCC(=O)ON2C(=O)CCC2=O)OC(COC(=O)c2ccccc2)C(OC(=O)c2ccccc2)C1OC(=O)c1ccccc1. The third-order valence-corrected chi connectivity index (χ3v) is 8.17. The van der Waals surface area contributed by atoms with Gasteiger partial charge in [0.1, 0.15) is 18.8 Å². The molecule has 3 amide bonds.